The molecule has 1 rings (SSSR count). The maximum Gasteiger partial charge on any atom is 0.153 e. The Morgan fingerprint density at radius 2 is 2.00 bits per heavy atom. The lowest BCUT2D eigenvalue weighted by Gasteiger charge is -2.11. The van der Waals surface area contributed by atoms with Crippen molar-refractivity contribution in [3.05, 3.63) is 23.8 Å². The van der Waals surface area contributed by atoms with E-state index in [1.165, 1.54) is 0 Å². The lowest BCUT2D eigenvalue weighted by atomic mass is 10.2. The van der Waals surface area contributed by atoms with Crippen molar-refractivity contribution in [2.24, 2.45) is 0 Å². The van der Waals surface area contributed by atoms with Gasteiger partial charge in [0.2, 0.25) is 0 Å². The first-order valence-electron chi connectivity index (χ1n) is 5.64. The standard InChI is InChI=1S/C12H19NO3S/c1-3-8-17(14,15)9-7-16-12-10(2)5-4-6-11(12)13/h4-6H,3,7-9,13H2,1-2H3. The van der Waals surface area contributed by atoms with E-state index in [1.807, 2.05) is 26.0 Å². The van der Waals surface area contributed by atoms with Gasteiger partial charge in [0.05, 0.1) is 17.2 Å². The molecule has 0 heterocycles. The molecule has 0 unspecified atom stereocenters. The van der Waals surface area contributed by atoms with Gasteiger partial charge in [0, 0.05) is 0 Å². The van der Waals surface area contributed by atoms with Crippen LogP contribution in [0.2, 0.25) is 0 Å². The minimum Gasteiger partial charge on any atom is -0.490 e. The van der Waals surface area contributed by atoms with Crippen LogP contribution in [0.5, 0.6) is 5.75 Å². The molecule has 0 aliphatic carbocycles. The van der Waals surface area contributed by atoms with Crippen LogP contribution in [0, 0.1) is 6.92 Å². The summed E-state index contributed by atoms with van der Waals surface area (Å²) in [5.41, 5.74) is 7.21. The normalized spacial score (nSPS) is 11.4. The molecule has 0 radical (unpaired) electrons. The van der Waals surface area contributed by atoms with E-state index in [0.717, 1.165) is 5.56 Å². The maximum absolute atomic E-state index is 11.5. The molecule has 0 aliphatic heterocycles. The highest BCUT2D eigenvalue weighted by Crippen LogP contribution is 2.25. The van der Waals surface area contributed by atoms with Crippen LogP contribution in [0.1, 0.15) is 18.9 Å². The minimum atomic E-state index is -2.99. The largest absolute Gasteiger partial charge is 0.490 e. The SMILES string of the molecule is CCCS(=O)(=O)CCOc1c(C)cccc1N. The van der Waals surface area contributed by atoms with E-state index in [4.69, 9.17) is 10.5 Å². The van der Waals surface area contributed by atoms with E-state index in [-0.39, 0.29) is 18.1 Å². The second-order valence-corrected chi connectivity index (χ2v) is 6.30. The highest BCUT2D eigenvalue weighted by molar-refractivity contribution is 7.91. The van der Waals surface area contributed by atoms with Gasteiger partial charge in [-0.15, -0.1) is 0 Å². The summed E-state index contributed by atoms with van der Waals surface area (Å²) in [6.07, 6.45) is 0.634. The van der Waals surface area contributed by atoms with Gasteiger partial charge in [-0.3, -0.25) is 0 Å². The molecule has 0 aliphatic rings. The Hall–Kier alpha value is -1.23. The molecule has 0 saturated heterocycles. The van der Waals surface area contributed by atoms with Crippen molar-refractivity contribution in [1.29, 1.82) is 0 Å². The van der Waals surface area contributed by atoms with Crippen molar-refractivity contribution in [3.8, 4) is 5.75 Å². The number of sulfone groups is 1. The van der Waals surface area contributed by atoms with Gasteiger partial charge in [-0.05, 0) is 25.0 Å². The van der Waals surface area contributed by atoms with Gasteiger partial charge >= 0.3 is 0 Å². The first kappa shape index (κ1) is 13.8. The van der Waals surface area contributed by atoms with Crippen molar-refractivity contribution in [1.82, 2.24) is 0 Å². The molecular formula is C12H19NO3S. The van der Waals surface area contributed by atoms with Crippen LogP contribution in [0.15, 0.2) is 18.2 Å². The molecule has 0 spiro atoms. The van der Waals surface area contributed by atoms with Crippen LogP contribution < -0.4 is 10.5 Å². The zero-order valence-electron chi connectivity index (χ0n) is 10.3. The predicted octanol–water partition coefficient (Wildman–Crippen LogP) is 1.78. The highest BCUT2D eigenvalue weighted by atomic mass is 32.2. The molecule has 4 nitrogen and oxygen atoms in total. The van der Waals surface area contributed by atoms with Crippen molar-refractivity contribution in [3.63, 3.8) is 0 Å². The Morgan fingerprint density at radius 3 is 2.59 bits per heavy atom. The van der Waals surface area contributed by atoms with E-state index in [0.29, 0.717) is 17.9 Å². The van der Waals surface area contributed by atoms with Crippen LogP contribution >= 0.6 is 0 Å². The van der Waals surface area contributed by atoms with Crippen LogP contribution in [0.25, 0.3) is 0 Å². The molecule has 5 heteroatoms. The van der Waals surface area contributed by atoms with E-state index in [9.17, 15) is 8.42 Å². The van der Waals surface area contributed by atoms with Gasteiger partial charge in [0.1, 0.15) is 12.4 Å². The zero-order valence-corrected chi connectivity index (χ0v) is 11.1. The number of nitrogen functional groups attached to an aromatic ring is 1. The Balaban J connectivity index is 2.57. The number of hydrogen-bond donors (Lipinski definition) is 1. The van der Waals surface area contributed by atoms with Gasteiger partial charge in [-0.1, -0.05) is 19.1 Å². The number of rotatable bonds is 6. The molecule has 1 aromatic rings. The van der Waals surface area contributed by atoms with Gasteiger partial charge < -0.3 is 10.5 Å². The van der Waals surface area contributed by atoms with Crippen LogP contribution in [0.3, 0.4) is 0 Å². The zero-order chi connectivity index (χ0) is 12.9. The highest BCUT2D eigenvalue weighted by Gasteiger charge is 2.10. The number of ether oxygens (including phenoxy) is 1. The number of hydrogen-bond acceptors (Lipinski definition) is 4. The number of benzene rings is 1. The summed E-state index contributed by atoms with van der Waals surface area (Å²) in [6, 6.07) is 5.46. The van der Waals surface area contributed by atoms with Crippen LogP contribution in [0.4, 0.5) is 5.69 Å². The van der Waals surface area contributed by atoms with Gasteiger partial charge in [-0.2, -0.15) is 0 Å². The molecule has 0 bridgehead atoms. The monoisotopic (exact) mass is 257 g/mol. The van der Waals surface area contributed by atoms with Crippen molar-refractivity contribution < 1.29 is 13.2 Å². The number of nitrogens with two attached hydrogens (primary N) is 1. The molecule has 0 fully saturated rings. The number of para-hydroxylation sites is 1. The molecule has 0 saturated carbocycles. The number of anilines is 1. The quantitative estimate of drug-likeness (QED) is 0.789. The molecular weight excluding hydrogens is 238 g/mol. The topological polar surface area (TPSA) is 69.4 Å². The summed E-state index contributed by atoms with van der Waals surface area (Å²) in [6.45, 7) is 3.88. The van der Waals surface area contributed by atoms with Crippen molar-refractivity contribution in [2.45, 2.75) is 20.3 Å². The van der Waals surface area contributed by atoms with Crippen LogP contribution in [-0.2, 0) is 9.84 Å². The number of aryl methyl sites for hydroxylation is 1. The molecule has 0 atom stereocenters. The second-order valence-electron chi connectivity index (χ2n) is 3.99. The first-order chi connectivity index (χ1) is 7.96. The fraction of sp³-hybridized carbons (Fsp3) is 0.500. The van der Waals surface area contributed by atoms with E-state index in [1.54, 1.807) is 6.07 Å². The van der Waals surface area contributed by atoms with Crippen molar-refractivity contribution >= 4 is 15.5 Å². The Labute approximate surface area is 103 Å². The van der Waals surface area contributed by atoms with E-state index < -0.39 is 9.84 Å². The van der Waals surface area contributed by atoms with Gasteiger partial charge in [0.25, 0.3) is 0 Å². The van der Waals surface area contributed by atoms with Gasteiger partial charge in [-0.25, -0.2) is 8.42 Å². The fourth-order valence-corrected chi connectivity index (χ4v) is 2.72. The lowest BCUT2D eigenvalue weighted by molar-refractivity contribution is 0.340. The molecule has 96 valence electrons. The summed E-state index contributed by atoms with van der Waals surface area (Å²) in [5.74, 6) is 0.827. The average Bonchev–Trinajstić information content (AvgIpc) is 2.22. The molecule has 2 N–H and O–H groups in total. The van der Waals surface area contributed by atoms with Crippen molar-refractivity contribution in [2.75, 3.05) is 23.8 Å². The van der Waals surface area contributed by atoms with Gasteiger partial charge in [0.15, 0.2) is 9.84 Å². The lowest BCUT2D eigenvalue weighted by Crippen LogP contribution is -2.17. The Kier molecular flexibility index (Phi) is 4.81. The van der Waals surface area contributed by atoms with E-state index in [2.05, 4.69) is 0 Å². The summed E-state index contributed by atoms with van der Waals surface area (Å²) in [4.78, 5) is 0. The molecule has 1 aromatic carbocycles. The third-order valence-corrected chi connectivity index (χ3v) is 4.22. The molecule has 17 heavy (non-hydrogen) atoms. The summed E-state index contributed by atoms with van der Waals surface area (Å²) >= 11 is 0. The summed E-state index contributed by atoms with van der Waals surface area (Å²) in [5, 5.41) is 0. The maximum atomic E-state index is 11.5. The third kappa shape index (κ3) is 4.26. The Morgan fingerprint density at radius 1 is 1.29 bits per heavy atom. The summed E-state index contributed by atoms with van der Waals surface area (Å²) in [7, 11) is -2.99. The Bertz CT molecular complexity index is 448. The van der Waals surface area contributed by atoms with Crippen LogP contribution in [-0.4, -0.2) is 26.5 Å². The minimum absolute atomic E-state index is 0.0363. The third-order valence-electron chi connectivity index (χ3n) is 2.40. The fourth-order valence-electron chi connectivity index (χ4n) is 1.56. The summed E-state index contributed by atoms with van der Waals surface area (Å²) < 4.78 is 28.4. The average molecular weight is 257 g/mol. The predicted molar refractivity (Wildman–Crippen MR) is 70.0 cm³/mol. The molecule has 0 aromatic heterocycles. The molecule has 0 amide bonds. The second kappa shape index (κ2) is 5.91. The smallest absolute Gasteiger partial charge is 0.153 e. The first-order valence-corrected chi connectivity index (χ1v) is 7.46. The van der Waals surface area contributed by atoms with E-state index >= 15 is 0 Å².